The van der Waals surface area contributed by atoms with Gasteiger partial charge in [0, 0.05) is 24.0 Å². The Morgan fingerprint density at radius 1 is 1.29 bits per heavy atom. The van der Waals surface area contributed by atoms with Crippen LogP contribution in [0.5, 0.6) is 0 Å². The Kier molecular flexibility index (Phi) is 2.92. The summed E-state index contributed by atoms with van der Waals surface area (Å²) in [6.45, 7) is 5.93. The van der Waals surface area contributed by atoms with E-state index in [2.05, 4.69) is 11.4 Å². The van der Waals surface area contributed by atoms with Crippen molar-refractivity contribution in [2.24, 2.45) is 7.05 Å². The fourth-order valence-corrected chi connectivity index (χ4v) is 2.24. The monoisotopic (exact) mass is 230 g/mol. The molecule has 1 aromatic carbocycles. The smallest absolute Gasteiger partial charge is 0.268 e. The van der Waals surface area contributed by atoms with E-state index in [1.165, 1.54) is 0 Å². The Morgan fingerprint density at radius 2 is 1.94 bits per heavy atom. The van der Waals surface area contributed by atoms with E-state index < -0.39 is 0 Å². The van der Waals surface area contributed by atoms with Gasteiger partial charge in [-0.15, -0.1) is 0 Å². The minimum Gasteiger partial charge on any atom is -0.349 e. The van der Waals surface area contributed by atoms with Gasteiger partial charge in [-0.05, 0) is 32.4 Å². The second-order valence-corrected chi connectivity index (χ2v) is 4.68. The Hall–Kier alpha value is -1.77. The molecule has 1 N–H and O–H groups in total. The number of carbonyl (C=O) groups excluding carboxylic acids is 1. The van der Waals surface area contributed by atoms with Crippen LogP contribution in [-0.2, 0) is 7.05 Å². The SMILES string of the molecule is Cc1c(C(=O)NC(C)C)n(C)c2ccccc12. The summed E-state index contributed by atoms with van der Waals surface area (Å²) in [7, 11) is 1.94. The summed E-state index contributed by atoms with van der Waals surface area (Å²) in [5.74, 6) is -0.00352. The maximum Gasteiger partial charge on any atom is 0.268 e. The number of hydrogen-bond acceptors (Lipinski definition) is 1. The van der Waals surface area contributed by atoms with Gasteiger partial charge in [0.25, 0.3) is 5.91 Å². The molecule has 0 aliphatic rings. The van der Waals surface area contributed by atoms with Crippen molar-refractivity contribution in [3.05, 3.63) is 35.5 Å². The highest BCUT2D eigenvalue weighted by Crippen LogP contribution is 2.24. The number of rotatable bonds is 2. The second-order valence-electron chi connectivity index (χ2n) is 4.68. The number of fused-ring (bicyclic) bond motifs is 1. The van der Waals surface area contributed by atoms with Crippen LogP contribution in [0.2, 0.25) is 0 Å². The van der Waals surface area contributed by atoms with Gasteiger partial charge in [0.2, 0.25) is 0 Å². The third-order valence-corrected chi connectivity index (χ3v) is 2.99. The first kappa shape index (κ1) is 11.7. The van der Waals surface area contributed by atoms with E-state index in [1.807, 2.05) is 50.6 Å². The van der Waals surface area contributed by atoms with Crippen molar-refractivity contribution in [2.75, 3.05) is 0 Å². The number of para-hydroxylation sites is 1. The van der Waals surface area contributed by atoms with E-state index in [4.69, 9.17) is 0 Å². The van der Waals surface area contributed by atoms with E-state index >= 15 is 0 Å². The summed E-state index contributed by atoms with van der Waals surface area (Å²) in [5.41, 5.74) is 2.89. The lowest BCUT2D eigenvalue weighted by atomic mass is 10.1. The molecule has 0 unspecified atom stereocenters. The highest BCUT2D eigenvalue weighted by molar-refractivity contribution is 6.01. The molecule has 0 bridgehead atoms. The van der Waals surface area contributed by atoms with Crippen LogP contribution in [0.15, 0.2) is 24.3 Å². The lowest BCUT2D eigenvalue weighted by Crippen LogP contribution is -2.31. The average molecular weight is 230 g/mol. The van der Waals surface area contributed by atoms with Crippen molar-refractivity contribution in [1.82, 2.24) is 9.88 Å². The fraction of sp³-hybridized carbons (Fsp3) is 0.357. The van der Waals surface area contributed by atoms with Crippen molar-refractivity contribution in [3.8, 4) is 0 Å². The van der Waals surface area contributed by atoms with E-state index in [1.54, 1.807) is 0 Å². The van der Waals surface area contributed by atoms with E-state index in [-0.39, 0.29) is 11.9 Å². The lowest BCUT2D eigenvalue weighted by Gasteiger charge is -2.10. The lowest BCUT2D eigenvalue weighted by molar-refractivity contribution is 0.0934. The Labute approximate surface area is 101 Å². The highest BCUT2D eigenvalue weighted by atomic mass is 16.2. The van der Waals surface area contributed by atoms with Crippen LogP contribution >= 0.6 is 0 Å². The molecular formula is C14H18N2O. The van der Waals surface area contributed by atoms with Crippen molar-refractivity contribution in [3.63, 3.8) is 0 Å². The summed E-state index contributed by atoms with van der Waals surface area (Å²) in [4.78, 5) is 12.1. The van der Waals surface area contributed by atoms with Crippen LogP contribution < -0.4 is 5.32 Å². The number of hydrogen-bond donors (Lipinski definition) is 1. The largest absolute Gasteiger partial charge is 0.349 e. The molecule has 0 saturated heterocycles. The van der Waals surface area contributed by atoms with Crippen molar-refractivity contribution >= 4 is 16.8 Å². The average Bonchev–Trinajstić information content (AvgIpc) is 2.51. The van der Waals surface area contributed by atoms with Gasteiger partial charge < -0.3 is 9.88 Å². The molecule has 0 aliphatic heterocycles. The van der Waals surface area contributed by atoms with Gasteiger partial charge >= 0.3 is 0 Å². The molecule has 1 heterocycles. The van der Waals surface area contributed by atoms with E-state index in [0.29, 0.717) is 0 Å². The molecular weight excluding hydrogens is 212 g/mol. The van der Waals surface area contributed by atoms with Crippen LogP contribution in [0.3, 0.4) is 0 Å². The van der Waals surface area contributed by atoms with Gasteiger partial charge in [-0.2, -0.15) is 0 Å². The topological polar surface area (TPSA) is 34.0 Å². The zero-order valence-electron chi connectivity index (χ0n) is 10.7. The first-order valence-corrected chi connectivity index (χ1v) is 5.87. The van der Waals surface area contributed by atoms with Crippen LogP contribution in [0.1, 0.15) is 29.9 Å². The van der Waals surface area contributed by atoms with Crippen LogP contribution in [0.4, 0.5) is 0 Å². The maximum absolute atomic E-state index is 12.1. The minimum absolute atomic E-state index is 0.00352. The number of carbonyl (C=O) groups is 1. The molecule has 17 heavy (non-hydrogen) atoms. The summed E-state index contributed by atoms with van der Waals surface area (Å²) in [6, 6.07) is 8.23. The molecule has 2 aromatic rings. The number of aryl methyl sites for hydroxylation is 2. The molecule has 0 spiro atoms. The number of aromatic nitrogens is 1. The van der Waals surface area contributed by atoms with Crippen molar-refractivity contribution in [2.45, 2.75) is 26.8 Å². The number of nitrogens with zero attached hydrogens (tertiary/aromatic N) is 1. The molecule has 0 fully saturated rings. The predicted octanol–water partition coefficient (Wildman–Crippen LogP) is 2.62. The number of nitrogens with one attached hydrogen (secondary N) is 1. The van der Waals surface area contributed by atoms with Crippen molar-refractivity contribution in [1.29, 1.82) is 0 Å². The Morgan fingerprint density at radius 3 is 2.53 bits per heavy atom. The Bertz CT molecular complexity index is 528. The second kappa shape index (κ2) is 4.24. The van der Waals surface area contributed by atoms with Gasteiger partial charge in [-0.25, -0.2) is 0 Å². The highest BCUT2D eigenvalue weighted by Gasteiger charge is 2.18. The van der Waals surface area contributed by atoms with Gasteiger partial charge in [0.1, 0.15) is 5.69 Å². The summed E-state index contributed by atoms with van der Waals surface area (Å²) >= 11 is 0. The molecule has 1 aromatic heterocycles. The van der Waals surface area contributed by atoms with E-state index in [0.717, 1.165) is 22.2 Å². The zero-order valence-corrected chi connectivity index (χ0v) is 10.7. The molecule has 0 atom stereocenters. The number of amides is 1. The molecule has 0 radical (unpaired) electrons. The molecule has 3 nitrogen and oxygen atoms in total. The van der Waals surface area contributed by atoms with Gasteiger partial charge in [0.05, 0.1) is 0 Å². The standard InChI is InChI=1S/C14H18N2O/c1-9(2)15-14(17)13-10(3)11-7-5-6-8-12(11)16(13)4/h5-9H,1-4H3,(H,15,17). The van der Waals surface area contributed by atoms with E-state index in [9.17, 15) is 4.79 Å². The van der Waals surface area contributed by atoms with Crippen LogP contribution in [-0.4, -0.2) is 16.5 Å². The van der Waals surface area contributed by atoms with Crippen LogP contribution in [0.25, 0.3) is 10.9 Å². The summed E-state index contributed by atoms with van der Waals surface area (Å²) in [5, 5.41) is 4.08. The minimum atomic E-state index is -0.00352. The molecule has 0 saturated carbocycles. The molecule has 90 valence electrons. The molecule has 2 rings (SSSR count). The molecule has 0 aliphatic carbocycles. The van der Waals surface area contributed by atoms with Gasteiger partial charge in [-0.1, -0.05) is 18.2 Å². The third-order valence-electron chi connectivity index (χ3n) is 2.99. The maximum atomic E-state index is 12.1. The van der Waals surface area contributed by atoms with Gasteiger partial charge in [0.15, 0.2) is 0 Å². The zero-order chi connectivity index (χ0) is 12.6. The van der Waals surface area contributed by atoms with Crippen molar-refractivity contribution < 1.29 is 4.79 Å². The third kappa shape index (κ3) is 1.93. The molecule has 1 amide bonds. The first-order chi connectivity index (χ1) is 8.02. The predicted molar refractivity (Wildman–Crippen MR) is 70.3 cm³/mol. The first-order valence-electron chi connectivity index (χ1n) is 5.87. The Balaban J connectivity index is 2.58. The quantitative estimate of drug-likeness (QED) is 0.845. The number of benzene rings is 1. The summed E-state index contributed by atoms with van der Waals surface area (Å²) < 4.78 is 1.96. The fourth-order valence-electron chi connectivity index (χ4n) is 2.24. The van der Waals surface area contributed by atoms with Gasteiger partial charge in [-0.3, -0.25) is 4.79 Å². The molecule has 3 heteroatoms. The van der Waals surface area contributed by atoms with Crippen LogP contribution in [0, 0.1) is 6.92 Å². The summed E-state index contributed by atoms with van der Waals surface area (Å²) in [6.07, 6.45) is 0. The normalized spacial score (nSPS) is 11.1.